The van der Waals surface area contributed by atoms with Crippen LogP contribution in [0.25, 0.3) is 0 Å². The molecule has 1 rings (SSSR count). The van der Waals surface area contributed by atoms with Crippen molar-refractivity contribution in [2.24, 2.45) is 0 Å². The van der Waals surface area contributed by atoms with Crippen molar-refractivity contribution in [3.8, 4) is 17.6 Å². The zero-order chi connectivity index (χ0) is 13.0. The number of phenols is 1. The fourth-order valence-electron chi connectivity index (χ4n) is 1.16. The predicted molar refractivity (Wildman–Crippen MR) is 50.8 cm³/mol. The Hall–Kier alpha value is -2.36. The van der Waals surface area contributed by atoms with Crippen LogP contribution in [0.2, 0.25) is 0 Å². The van der Waals surface area contributed by atoms with Crippen LogP contribution in [-0.4, -0.2) is 24.8 Å². The van der Waals surface area contributed by atoms with Gasteiger partial charge in [0.15, 0.2) is 0 Å². The Kier molecular flexibility index (Phi) is 3.82. The molecule has 0 saturated heterocycles. The van der Waals surface area contributed by atoms with E-state index in [1.165, 1.54) is 0 Å². The number of benzene rings is 1. The van der Waals surface area contributed by atoms with Gasteiger partial charge in [0.25, 0.3) is 0 Å². The zero-order valence-corrected chi connectivity index (χ0v) is 8.61. The predicted octanol–water partition coefficient (Wildman–Crippen LogP) is 1.65. The van der Waals surface area contributed by atoms with Crippen molar-refractivity contribution >= 4 is 5.97 Å². The number of phenolic OH excluding ortho intramolecular Hbond substituents is 1. The Bertz CT molecular complexity index is 482. The number of halogens is 2. The van der Waals surface area contributed by atoms with Gasteiger partial charge in [0.05, 0.1) is 18.7 Å². The van der Waals surface area contributed by atoms with Gasteiger partial charge in [-0.05, 0) is 12.1 Å². The summed E-state index contributed by atoms with van der Waals surface area (Å²) < 4.78 is 32.5. The van der Waals surface area contributed by atoms with Crippen molar-refractivity contribution in [1.82, 2.24) is 0 Å². The summed E-state index contributed by atoms with van der Waals surface area (Å²) in [5.41, 5.74) is -0.669. The van der Waals surface area contributed by atoms with Gasteiger partial charge in [0.2, 0.25) is 0 Å². The van der Waals surface area contributed by atoms with Crippen molar-refractivity contribution in [3.63, 3.8) is 0 Å². The number of carbonyl (C=O) groups excluding carboxylic acids is 1. The van der Waals surface area contributed by atoms with Gasteiger partial charge in [-0.25, -0.2) is 4.79 Å². The van der Waals surface area contributed by atoms with Crippen LogP contribution in [0, 0.1) is 11.3 Å². The molecule has 5 nitrogen and oxygen atoms in total. The van der Waals surface area contributed by atoms with Crippen LogP contribution in [0.15, 0.2) is 12.1 Å². The fraction of sp³-hybridized carbons (Fsp3) is 0.200. The van der Waals surface area contributed by atoms with Crippen LogP contribution in [0.1, 0.15) is 15.9 Å². The molecule has 0 bridgehead atoms. The van der Waals surface area contributed by atoms with Gasteiger partial charge in [-0.15, -0.1) is 0 Å². The van der Waals surface area contributed by atoms with Gasteiger partial charge in [-0.1, -0.05) is 0 Å². The number of esters is 1. The topological polar surface area (TPSA) is 79.5 Å². The van der Waals surface area contributed by atoms with E-state index in [0.717, 1.165) is 19.2 Å². The summed E-state index contributed by atoms with van der Waals surface area (Å²) >= 11 is 0. The number of rotatable bonds is 3. The van der Waals surface area contributed by atoms with Crippen molar-refractivity contribution in [2.45, 2.75) is 6.61 Å². The average Bonchev–Trinajstić information content (AvgIpc) is 2.26. The summed E-state index contributed by atoms with van der Waals surface area (Å²) in [6.07, 6.45) is 0. The van der Waals surface area contributed by atoms with E-state index in [1.807, 2.05) is 0 Å². The Balaban J connectivity index is 3.35. The second-order valence-corrected chi connectivity index (χ2v) is 2.85. The van der Waals surface area contributed by atoms with E-state index in [1.54, 1.807) is 6.07 Å². The molecule has 17 heavy (non-hydrogen) atoms. The van der Waals surface area contributed by atoms with Crippen molar-refractivity contribution in [1.29, 1.82) is 5.26 Å². The van der Waals surface area contributed by atoms with Gasteiger partial charge >= 0.3 is 12.6 Å². The summed E-state index contributed by atoms with van der Waals surface area (Å²) in [4.78, 5) is 11.2. The first kappa shape index (κ1) is 12.7. The lowest BCUT2D eigenvalue weighted by Gasteiger charge is -2.10. The Morgan fingerprint density at radius 2 is 2.18 bits per heavy atom. The lowest BCUT2D eigenvalue weighted by molar-refractivity contribution is -0.0505. The molecule has 1 aromatic rings. The Morgan fingerprint density at radius 3 is 2.65 bits per heavy atom. The molecule has 0 radical (unpaired) electrons. The molecule has 0 spiro atoms. The Morgan fingerprint density at radius 1 is 1.53 bits per heavy atom. The summed E-state index contributed by atoms with van der Waals surface area (Å²) in [5, 5.41) is 18.0. The molecule has 0 fully saturated rings. The molecule has 0 aliphatic carbocycles. The first-order chi connectivity index (χ1) is 7.99. The molecule has 0 aliphatic rings. The van der Waals surface area contributed by atoms with Crippen molar-refractivity contribution in [3.05, 3.63) is 23.3 Å². The molecule has 7 heteroatoms. The highest BCUT2D eigenvalue weighted by Crippen LogP contribution is 2.31. The highest BCUT2D eigenvalue weighted by Gasteiger charge is 2.22. The van der Waals surface area contributed by atoms with E-state index in [9.17, 15) is 18.7 Å². The normalized spacial score (nSPS) is 9.82. The Labute approximate surface area is 94.8 Å². The third kappa shape index (κ3) is 2.81. The number of aromatic hydroxyl groups is 1. The average molecular weight is 243 g/mol. The molecule has 0 amide bonds. The van der Waals surface area contributed by atoms with Gasteiger partial charge in [-0.3, -0.25) is 0 Å². The SMILES string of the molecule is COC(=O)c1c(O)cc(C#N)cc1OC(F)F. The van der Waals surface area contributed by atoms with Gasteiger partial charge in [0.1, 0.15) is 17.1 Å². The van der Waals surface area contributed by atoms with Crippen molar-refractivity contribution < 1.29 is 28.2 Å². The lowest BCUT2D eigenvalue weighted by atomic mass is 10.1. The van der Waals surface area contributed by atoms with E-state index in [2.05, 4.69) is 9.47 Å². The number of ether oxygens (including phenoxy) is 2. The third-order valence-corrected chi connectivity index (χ3v) is 1.82. The maximum absolute atomic E-state index is 12.1. The maximum Gasteiger partial charge on any atom is 0.387 e. The number of hydrogen-bond acceptors (Lipinski definition) is 5. The van der Waals surface area contributed by atoms with Crippen LogP contribution in [0.3, 0.4) is 0 Å². The molecule has 0 atom stereocenters. The van der Waals surface area contributed by atoms with Crippen LogP contribution < -0.4 is 4.74 Å². The number of alkyl halides is 2. The minimum Gasteiger partial charge on any atom is -0.507 e. The van der Waals surface area contributed by atoms with Crippen molar-refractivity contribution in [2.75, 3.05) is 7.11 Å². The minimum absolute atomic E-state index is 0.120. The third-order valence-electron chi connectivity index (χ3n) is 1.82. The van der Waals surface area contributed by atoms with Gasteiger partial charge in [0, 0.05) is 0 Å². The molecule has 0 saturated carbocycles. The highest BCUT2D eigenvalue weighted by molar-refractivity contribution is 5.95. The van der Waals surface area contributed by atoms with E-state index >= 15 is 0 Å². The highest BCUT2D eigenvalue weighted by atomic mass is 19.3. The lowest BCUT2D eigenvalue weighted by Crippen LogP contribution is -2.10. The van der Waals surface area contributed by atoms with E-state index < -0.39 is 29.6 Å². The first-order valence-corrected chi connectivity index (χ1v) is 4.29. The molecule has 0 aliphatic heterocycles. The molecular formula is C10H7F2NO4. The number of nitrogens with zero attached hydrogens (tertiary/aromatic N) is 1. The number of nitriles is 1. The van der Waals surface area contributed by atoms with Crippen LogP contribution in [-0.2, 0) is 4.74 Å². The number of methoxy groups -OCH3 is 1. The quantitative estimate of drug-likeness (QED) is 0.816. The maximum atomic E-state index is 12.1. The summed E-state index contributed by atoms with van der Waals surface area (Å²) in [6.45, 7) is -3.19. The smallest absolute Gasteiger partial charge is 0.387 e. The van der Waals surface area contributed by atoms with E-state index in [-0.39, 0.29) is 5.56 Å². The molecule has 0 aromatic heterocycles. The zero-order valence-electron chi connectivity index (χ0n) is 8.61. The number of carbonyl (C=O) groups is 1. The molecule has 1 N–H and O–H groups in total. The van der Waals surface area contributed by atoms with Gasteiger partial charge < -0.3 is 14.6 Å². The minimum atomic E-state index is -3.19. The van der Waals surface area contributed by atoms with E-state index in [0.29, 0.717) is 0 Å². The molecule has 0 heterocycles. The number of hydrogen-bond donors (Lipinski definition) is 1. The molecular weight excluding hydrogens is 236 g/mol. The largest absolute Gasteiger partial charge is 0.507 e. The first-order valence-electron chi connectivity index (χ1n) is 4.29. The standard InChI is InChI=1S/C10H7F2NO4/c1-16-9(15)8-6(14)2-5(4-13)3-7(8)17-10(11)12/h2-3,10,14H,1H3. The van der Waals surface area contributed by atoms with Crippen LogP contribution >= 0.6 is 0 Å². The summed E-state index contributed by atoms with van der Waals surface area (Å²) in [5.74, 6) is -2.31. The second-order valence-electron chi connectivity index (χ2n) is 2.85. The summed E-state index contributed by atoms with van der Waals surface area (Å²) in [6, 6.07) is 3.49. The summed E-state index contributed by atoms with van der Waals surface area (Å²) in [7, 11) is 1.02. The van der Waals surface area contributed by atoms with Crippen LogP contribution in [0.4, 0.5) is 8.78 Å². The molecule has 90 valence electrons. The second kappa shape index (κ2) is 5.12. The fourth-order valence-corrected chi connectivity index (χ4v) is 1.16. The van der Waals surface area contributed by atoms with E-state index in [4.69, 9.17) is 5.26 Å². The van der Waals surface area contributed by atoms with Crippen LogP contribution in [0.5, 0.6) is 11.5 Å². The molecule has 0 unspecified atom stereocenters. The molecule has 1 aromatic carbocycles. The van der Waals surface area contributed by atoms with Gasteiger partial charge in [-0.2, -0.15) is 14.0 Å². The monoisotopic (exact) mass is 243 g/mol.